The lowest BCUT2D eigenvalue weighted by atomic mass is 10.3. The zero-order chi connectivity index (χ0) is 8.36. The Kier molecular flexibility index (Phi) is 2.71. The second kappa shape index (κ2) is 2.92. The quantitative estimate of drug-likeness (QED) is 0.580. The first kappa shape index (κ1) is 9.29. The van der Waals surface area contributed by atoms with E-state index < -0.39 is 16.9 Å². The topological polar surface area (TPSA) is 49.9 Å². The molecule has 0 heterocycles. The Hall–Kier alpha value is -0.710. The van der Waals surface area contributed by atoms with Crippen LogP contribution < -0.4 is 5.73 Å². The average molecular weight is 173 g/mol. The maximum atomic E-state index is 11.5. The van der Waals surface area contributed by atoms with E-state index in [1.165, 1.54) is 0 Å². The second-order valence-electron chi connectivity index (χ2n) is 1.39. The maximum Gasteiger partial charge on any atom is 0.434 e. The van der Waals surface area contributed by atoms with Crippen molar-refractivity contribution in [3.63, 3.8) is 0 Å². The number of alkyl halides is 3. The molecule has 0 aromatic rings. The van der Waals surface area contributed by atoms with Crippen LogP contribution >= 0.6 is 11.6 Å². The SMILES string of the molecule is N=C(/C(Cl)=C\N)C(F)(F)F. The monoisotopic (exact) mass is 172 g/mol. The van der Waals surface area contributed by atoms with E-state index in [9.17, 15) is 13.2 Å². The van der Waals surface area contributed by atoms with Gasteiger partial charge in [-0.1, -0.05) is 11.6 Å². The molecule has 0 atom stereocenters. The van der Waals surface area contributed by atoms with Crippen LogP contribution in [-0.4, -0.2) is 11.9 Å². The van der Waals surface area contributed by atoms with Crippen LogP contribution in [0.25, 0.3) is 0 Å². The van der Waals surface area contributed by atoms with Crippen molar-refractivity contribution >= 4 is 17.3 Å². The maximum absolute atomic E-state index is 11.5. The van der Waals surface area contributed by atoms with Gasteiger partial charge in [-0.25, -0.2) is 0 Å². The van der Waals surface area contributed by atoms with Crippen LogP contribution in [0.1, 0.15) is 0 Å². The summed E-state index contributed by atoms with van der Waals surface area (Å²) in [6, 6.07) is 0. The summed E-state index contributed by atoms with van der Waals surface area (Å²) < 4.78 is 34.4. The highest BCUT2D eigenvalue weighted by atomic mass is 35.5. The van der Waals surface area contributed by atoms with Crippen molar-refractivity contribution in [2.75, 3.05) is 0 Å². The Bertz CT molecular complexity index is 172. The molecule has 58 valence electrons. The summed E-state index contributed by atoms with van der Waals surface area (Å²) in [5.74, 6) is 0. The standard InChI is InChI=1S/C4H4ClF3N2/c5-2(1-9)3(10)4(6,7)8/h1,10H,9H2/b2-1+,10-3?. The van der Waals surface area contributed by atoms with Gasteiger partial charge in [-0.3, -0.25) is 5.41 Å². The first-order valence-electron chi connectivity index (χ1n) is 2.13. The molecule has 10 heavy (non-hydrogen) atoms. The van der Waals surface area contributed by atoms with Crippen molar-refractivity contribution in [3.05, 3.63) is 11.2 Å². The van der Waals surface area contributed by atoms with Crippen molar-refractivity contribution in [2.45, 2.75) is 6.18 Å². The fraction of sp³-hybridized carbons (Fsp3) is 0.250. The second-order valence-corrected chi connectivity index (χ2v) is 1.79. The van der Waals surface area contributed by atoms with E-state index in [1.807, 2.05) is 0 Å². The molecular formula is C4H4ClF3N2. The average Bonchev–Trinajstić information content (AvgIpc) is 1.83. The Morgan fingerprint density at radius 1 is 1.50 bits per heavy atom. The van der Waals surface area contributed by atoms with Crippen LogP contribution in [0, 0.1) is 5.41 Å². The van der Waals surface area contributed by atoms with Crippen LogP contribution in [0.15, 0.2) is 11.2 Å². The molecule has 2 nitrogen and oxygen atoms in total. The number of nitrogens with one attached hydrogen (secondary N) is 1. The smallest absolute Gasteiger partial charge is 0.403 e. The van der Waals surface area contributed by atoms with Gasteiger partial charge in [-0.05, 0) is 0 Å². The third-order valence-electron chi connectivity index (χ3n) is 0.669. The summed E-state index contributed by atoms with van der Waals surface area (Å²) >= 11 is 4.89. The lowest BCUT2D eigenvalue weighted by molar-refractivity contribution is -0.0586. The van der Waals surface area contributed by atoms with Gasteiger partial charge in [0.25, 0.3) is 0 Å². The van der Waals surface area contributed by atoms with E-state index in [1.54, 1.807) is 0 Å². The molecule has 0 spiro atoms. The lowest BCUT2D eigenvalue weighted by Crippen LogP contribution is -2.22. The molecule has 0 aromatic carbocycles. The van der Waals surface area contributed by atoms with Gasteiger partial charge in [-0.2, -0.15) is 13.2 Å². The molecule has 3 N–H and O–H groups in total. The molecular weight excluding hydrogens is 169 g/mol. The first-order chi connectivity index (χ1) is 4.39. The molecule has 0 aliphatic carbocycles. The number of hydrogen-bond donors (Lipinski definition) is 2. The molecule has 6 heteroatoms. The van der Waals surface area contributed by atoms with Crippen LogP contribution in [0.3, 0.4) is 0 Å². The van der Waals surface area contributed by atoms with Crippen molar-refractivity contribution in [3.8, 4) is 0 Å². The molecule has 0 radical (unpaired) electrons. The van der Waals surface area contributed by atoms with E-state index in [0.717, 1.165) is 0 Å². The Morgan fingerprint density at radius 2 is 1.90 bits per heavy atom. The highest BCUT2D eigenvalue weighted by Crippen LogP contribution is 2.21. The lowest BCUT2D eigenvalue weighted by Gasteiger charge is -2.04. The van der Waals surface area contributed by atoms with Crippen molar-refractivity contribution in [2.24, 2.45) is 5.73 Å². The molecule has 0 bridgehead atoms. The third kappa shape index (κ3) is 2.26. The summed E-state index contributed by atoms with van der Waals surface area (Å²) in [6.45, 7) is 0. The zero-order valence-electron chi connectivity index (χ0n) is 4.67. The Morgan fingerprint density at radius 3 is 2.00 bits per heavy atom. The first-order valence-corrected chi connectivity index (χ1v) is 2.51. The van der Waals surface area contributed by atoms with Gasteiger partial charge < -0.3 is 5.73 Å². The molecule has 0 unspecified atom stereocenters. The number of allylic oxidation sites excluding steroid dienone is 1. The van der Waals surface area contributed by atoms with Crippen LogP contribution in [-0.2, 0) is 0 Å². The molecule has 0 amide bonds. The van der Waals surface area contributed by atoms with Gasteiger partial charge in [0.2, 0.25) is 0 Å². The molecule has 0 rings (SSSR count). The predicted octanol–water partition coefficient (Wildman–Crippen LogP) is 1.61. The van der Waals surface area contributed by atoms with Crippen LogP contribution in [0.2, 0.25) is 0 Å². The largest absolute Gasteiger partial charge is 0.434 e. The number of halogens is 4. The minimum atomic E-state index is -4.72. The minimum absolute atomic E-state index is 0.525. The molecule has 0 aromatic heterocycles. The summed E-state index contributed by atoms with van der Waals surface area (Å²) in [7, 11) is 0. The van der Waals surface area contributed by atoms with Crippen LogP contribution in [0.5, 0.6) is 0 Å². The molecule has 0 aliphatic heterocycles. The summed E-state index contributed by atoms with van der Waals surface area (Å²) in [6.07, 6.45) is -4.19. The fourth-order valence-corrected chi connectivity index (χ4v) is 0.326. The van der Waals surface area contributed by atoms with Gasteiger partial charge in [0.15, 0.2) is 5.71 Å². The third-order valence-corrected chi connectivity index (χ3v) is 0.984. The van der Waals surface area contributed by atoms with Gasteiger partial charge in [0, 0.05) is 6.20 Å². The van der Waals surface area contributed by atoms with E-state index in [-0.39, 0.29) is 0 Å². The number of rotatable bonds is 1. The van der Waals surface area contributed by atoms with E-state index in [4.69, 9.17) is 17.0 Å². The minimum Gasteiger partial charge on any atom is -0.403 e. The zero-order valence-corrected chi connectivity index (χ0v) is 5.42. The van der Waals surface area contributed by atoms with Gasteiger partial charge in [0.1, 0.15) is 0 Å². The summed E-state index contributed by atoms with van der Waals surface area (Å²) in [4.78, 5) is 0. The van der Waals surface area contributed by atoms with Crippen LogP contribution in [0.4, 0.5) is 13.2 Å². The van der Waals surface area contributed by atoms with Gasteiger partial charge in [0.05, 0.1) is 5.03 Å². The van der Waals surface area contributed by atoms with Crippen molar-refractivity contribution in [1.82, 2.24) is 0 Å². The summed E-state index contributed by atoms with van der Waals surface area (Å²) in [5, 5.41) is 5.54. The Balaban J connectivity index is 4.39. The molecule has 0 fully saturated rings. The predicted molar refractivity (Wildman–Crippen MR) is 31.9 cm³/mol. The highest BCUT2D eigenvalue weighted by Gasteiger charge is 2.35. The van der Waals surface area contributed by atoms with E-state index in [0.29, 0.717) is 6.20 Å². The van der Waals surface area contributed by atoms with E-state index in [2.05, 4.69) is 5.73 Å². The van der Waals surface area contributed by atoms with Crippen molar-refractivity contribution in [1.29, 1.82) is 5.41 Å². The number of nitrogens with two attached hydrogens (primary N) is 1. The normalized spacial score (nSPS) is 13.4. The number of hydrogen-bond acceptors (Lipinski definition) is 2. The van der Waals surface area contributed by atoms with E-state index >= 15 is 0 Å². The van der Waals surface area contributed by atoms with Crippen molar-refractivity contribution < 1.29 is 13.2 Å². The Labute approximate surface area is 60.0 Å². The molecule has 0 aliphatic rings. The fourth-order valence-electron chi connectivity index (χ4n) is 0.219. The molecule has 0 saturated heterocycles. The molecule has 0 saturated carbocycles. The van der Waals surface area contributed by atoms with Gasteiger partial charge >= 0.3 is 6.18 Å². The van der Waals surface area contributed by atoms with Gasteiger partial charge in [-0.15, -0.1) is 0 Å². The highest BCUT2D eigenvalue weighted by molar-refractivity contribution is 6.43. The summed E-state index contributed by atoms with van der Waals surface area (Å²) in [5.41, 5.74) is 3.01.